The lowest BCUT2D eigenvalue weighted by molar-refractivity contribution is 0.411. The molecule has 0 saturated carbocycles. The van der Waals surface area contributed by atoms with Crippen LogP contribution < -0.4 is 5.32 Å². The van der Waals surface area contributed by atoms with Crippen molar-refractivity contribution in [1.29, 1.82) is 0 Å². The van der Waals surface area contributed by atoms with Crippen molar-refractivity contribution in [2.45, 2.75) is 33.2 Å². The summed E-state index contributed by atoms with van der Waals surface area (Å²) in [7, 11) is 0. The quantitative estimate of drug-likeness (QED) is 0.818. The molecule has 0 aliphatic carbocycles. The molecule has 0 amide bonds. The second-order valence-corrected chi connectivity index (χ2v) is 4.75. The van der Waals surface area contributed by atoms with E-state index >= 15 is 0 Å². The number of halogens is 2. The van der Waals surface area contributed by atoms with E-state index in [1.807, 2.05) is 0 Å². The smallest absolute Gasteiger partial charge is 0.123 e. The third-order valence-corrected chi connectivity index (χ3v) is 2.92. The van der Waals surface area contributed by atoms with Gasteiger partial charge in [0.15, 0.2) is 0 Å². The lowest BCUT2D eigenvalue weighted by Gasteiger charge is -2.23. The molecule has 1 aromatic carbocycles. The van der Waals surface area contributed by atoms with Crippen LogP contribution in [0.15, 0.2) is 18.2 Å². The van der Waals surface area contributed by atoms with Crippen LogP contribution in [0.3, 0.4) is 0 Å². The van der Waals surface area contributed by atoms with Crippen molar-refractivity contribution in [2.75, 3.05) is 6.54 Å². The van der Waals surface area contributed by atoms with Crippen LogP contribution in [0.4, 0.5) is 4.39 Å². The first kappa shape index (κ1) is 13.5. The van der Waals surface area contributed by atoms with Crippen molar-refractivity contribution in [3.8, 4) is 0 Å². The third kappa shape index (κ3) is 3.46. The standard InChI is InChI=1S/C13H19ClFN/c1-4-7-16-13(9(2)3)11-8-10(15)5-6-12(11)14/h5-6,8-9,13,16H,4,7H2,1-3H3. The summed E-state index contributed by atoms with van der Waals surface area (Å²) in [6.45, 7) is 7.23. The Morgan fingerprint density at radius 1 is 1.38 bits per heavy atom. The van der Waals surface area contributed by atoms with Crippen molar-refractivity contribution in [3.05, 3.63) is 34.6 Å². The zero-order chi connectivity index (χ0) is 12.1. The highest BCUT2D eigenvalue weighted by atomic mass is 35.5. The fourth-order valence-corrected chi connectivity index (χ4v) is 1.99. The minimum absolute atomic E-state index is 0.114. The topological polar surface area (TPSA) is 12.0 Å². The summed E-state index contributed by atoms with van der Waals surface area (Å²) >= 11 is 6.11. The van der Waals surface area contributed by atoms with Crippen LogP contribution in [-0.2, 0) is 0 Å². The number of rotatable bonds is 5. The van der Waals surface area contributed by atoms with Crippen LogP contribution in [0.2, 0.25) is 5.02 Å². The van der Waals surface area contributed by atoms with Gasteiger partial charge < -0.3 is 5.32 Å². The normalized spacial score (nSPS) is 13.1. The SMILES string of the molecule is CCCNC(c1cc(F)ccc1Cl)C(C)C. The maximum absolute atomic E-state index is 13.2. The van der Waals surface area contributed by atoms with Gasteiger partial charge in [-0.3, -0.25) is 0 Å². The molecule has 0 aliphatic heterocycles. The lowest BCUT2D eigenvalue weighted by Crippen LogP contribution is -2.26. The molecule has 0 fully saturated rings. The van der Waals surface area contributed by atoms with E-state index in [9.17, 15) is 4.39 Å². The van der Waals surface area contributed by atoms with Gasteiger partial charge in [0.2, 0.25) is 0 Å². The summed E-state index contributed by atoms with van der Waals surface area (Å²) in [6, 6.07) is 4.65. The molecule has 90 valence electrons. The van der Waals surface area contributed by atoms with Gasteiger partial charge in [-0.05, 0) is 42.6 Å². The van der Waals surface area contributed by atoms with Crippen molar-refractivity contribution < 1.29 is 4.39 Å². The first-order valence-corrected chi connectivity index (χ1v) is 6.12. The Hall–Kier alpha value is -0.600. The van der Waals surface area contributed by atoms with Gasteiger partial charge in [0.1, 0.15) is 5.82 Å². The van der Waals surface area contributed by atoms with Gasteiger partial charge in [0.25, 0.3) is 0 Å². The zero-order valence-corrected chi connectivity index (χ0v) is 10.8. The highest BCUT2D eigenvalue weighted by Crippen LogP contribution is 2.28. The highest BCUT2D eigenvalue weighted by molar-refractivity contribution is 6.31. The molecule has 3 heteroatoms. The van der Waals surface area contributed by atoms with E-state index in [4.69, 9.17) is 11.6 Å². The number of hydrogen-bond donors (Lipinski definition) is 1. The number of benzene rings is 1. The van der Waals surface area contributed by atoms with Gasteiger partial charge in [-0.1, -0.05) is 32.4 Å². The summed E-state index contributed by atoms with van der Waals surface area (Å²) in [4.78, 5) is 0. The second-order valence-electron chi connectivity index (χ2n) is 4.34. The molecule has 16 heavy (non-hydrogen) atoms. The molecule has 0 bridgehead atoms. The lowest BCUT2D eigenvalue weighted by atomic mass is 9.95. The maximum Gasteiger partial charge on any atom is 0.123 e. The van der Waals surface area contributed by atoms with Gasteiger partial charge >= 0.3 is 0 Å². The fourth-order valence-electron chi connectivity index (χ4n) is 1.76. The zero-order valence-electron chi connectivity index (χ0n) is 10.1. The van der Waals surface area contributed by atoms with Crippen LogP contribution >= 0.6 is 11.6 Å². The molecule has 1 unspecified atom stereocenters. The molecule has 1 N–H and O–H groups in total. The van der Waals surface area contributed by atoms with Crippen molar-refractivity contribution in [3.63, 3.8) is 0 Å². The highest BCUT2D eigenvalue weighted by Gasteiger charge is 2.18. The summed E-state index contributed by atoms with van der Waals surface area (Å²) in [5, 5.41) is 4.03. The molecule has 0 spiro atoms. The van der Waals surface area contributed by atoms with Gasteiger partial charge in [0.05, 0.1) is 0 Å². The van der Waals surface area contributed by atoms with E-state index in [1.54, 1.807) is 6.07 Å². The van der Waals surface area contributed by atoms with E-state index in [2.05, 4.69) is 26.1 Å². The average Bonchev–Trinajstić information content (AvgIpc) is 2.23. The van der Waals surface area contributed by atoms with Crippen LogP contribution in [0.5, 0.6) is 0 Å². The van der Waals surface area contributed by atoms with Gasteiger partial charge in [-0.25, -0.2) is 4.39 Å². The summed E-state index contributed by atoms with van der Waals surface area (Å²) in [5.74, 6) is 0.147. The molecule has 0 radical (unpaired) electrons. The predicted molar refractivity (Wildman–Crippen MR) is 67.3 cm³/mol. The van der Waals surface area contributed by atoms with E-state index in [0.29, 0.717) is 10.9 Å². The maximum atomic E-state index is 13.2. The van der Waals surface area contributed by atoms with E-state index in [1.165, 1.54) is 12.1 Å². The molecule has 1 atom stereocenters. The summed E-state index contributed by atoms with van der Waals surface area (Å²) in [6.07, 6.45) is 1.05. The Labute approximate surface area is 102 Å². The molecular weight excluding hydrogens is 225 g/mol. The van der Waals surface area contributed by atoms with E-state index in [0.717, 1.165) is 18.5 Å². The molecule has 1 rings (SSSR count). The Morgan fingerprint density at radius 2 is 2.06 bits per heavy atom. The van der Waals surface area contributed by atoms with Crippen molar-refractivity contribution in [2.24, 2.45) is 5.92 Å². The Morgan fingerprint density at radius 3 is 2.62 bits per heavy atom. The molecular formula is C13H19ClFN. The molecule has 1 nitrogen and oxygen atoms in total. The van der Waals surface area contributed by atoms with Gasteiger partial charge in [0, 0.05) is 11.1 Å². The minimum atomic E-state index is -0.233. The first-order chi connectivity index (χ1) is 7.56. The Kier molecular flexibility index (Phi) is 5.23. The number of nitrogens with one attached hydrogen (secondary N) is 1. The summed E-state index contributed by atoms with van der Waals surface area (Å²) in [5.41, 5.74) is 0.852. The van der Waals surface area contributed by atoms with Crippen LogP contribution in [-0.4, -0.2) is 6.54 Å². The molecule has 0 saturated heterocycles. The summed E-state index contributed by atoms with van der Waals surface area (Å²) < 4.78 is 13.2. The van der Waals surface area contributed by atoms with E-state index in [-0.39, 0.29) is 11.9 Å². The molecule has 1 aromatic rings. The predicted octanol–water partition coefficient (Wildman–Crippen LogP) is 4.18. The van der Waals surface area contributed by atoms with Gasteiger partial charge in [-0.2, -0.15) is 0 Å². The average molecular weight is 244 g/mol. The number of hydrogen-bond acceptors (Lipinski definition) is 1. The van der Waals surface area contributed by atoms with Crippen molar-refractivity contribution >= 4 is 11.6 Å². The largest absolute Gasteiger partial charge is 0.310 e. The molecule has 0 aliphatic rings. The van der Waals surface area contributed by atoms with Gasteiger partial charge in [-0.15, -0.1) is 0 Å². The van der Waals surface area contributed by atoms with Crippen LogP contribution in [0.25, 0.3) is 0 Å². The minimum Gasteiger partial charge on any atom is -0.310 e. The monoisotopic (exact) mass is 243 g/mol. The third-order valence-electron chi connectivity index (χ3n) is 2.57. The molecule has 0 heterocycles. The van der Waals surface area contributed by atoms with Crippen LogP contribution in [0, 0.1) is 11.7 Å². The first-order valence-electron chi connectivity index (χ1n) is 5.74. The van der Waals surface area contributed by atoms with E-state index < -0.39 is 0 Å². The van der Waals surface area contributed by atoms with Crippen LogP contribution in [0.1, 0.15) is 38.8 Å². The second kappa shape index (κ2) is 6.21. The Bertz CT molecular complexity index is 339. The van der Waals surface area contributed by atoms with Crippen molar-refractivity contribution in [1.82, 2.24) is 5.32 Å². The molecule has 0 aromatic heterocycles. The fraction of sp³-hybridized carbons (Fsp3) is 0.538. The Balaban J connectivity index is 2.95.